The third-order valence-electron chi connectivity index (χ3n) is 4.89. The van der Waals surface area contributed by atoms with Gasteiger partial charge in [0.15, 0.2) is 5.65 Å². The van der Waals surface area contributed by atoms with Gasteiger partial charge < -0.3 is 15.4 Å². The molecule has 3 heterocycles. The van der Waals surface area contributed by atoms with Crippen molar-refractivity contribution in [2.24, 2.45) is 0 Å². The van der Waals surface area contributed by atoms with E-state index in [4.69, 9.17) is 4.74 Å². The Kier molecular flexibility index (Phi) is 6.83. The fourth-order valence-electron chi connectivity index (χ4n) is 3.30. The van der Waals surface area contributed by atoms with E-state index < -0.39 is 17.9 Å². The van der Waals surface area contributed by atoms with E-state index >= 15 is 0 Å². The van der Waals surface area contributed by atoms with Gasteiger partial charge >= 0.3 is 0 Å². The zero-order chi connectivity index (χ0) is 21.7. The Bertz CT molecular complexity index is 936. The Balaban J connectivity index is 1.82. The lowest BCUT2D eigenvalue weighted by Gasteiger charge is -2.25. The van der Waals surface area contributed by atoms with Crippen LogP contribution >= 0.6 is 0 Å². The van der Waals surface area contributed by atoms with Gasteiger partial charge in [-0.3, -0.25) is 25.2 Å². The predicted octanol–water partition coefficient (Wildman–Crippen LogP) is 0.328. The molecular formula is C19H27N7O4. The molecule has 11 heteroatoms. The average molecular weight is 417 g/mol. The number of aryl methyl sites for hydroxylation is 1. The monoisotopic (exact) mass is 417 g/mol. The Morgan fingerprint density at radius 2 is 1.97 bits per heavy atom. The molecule has 0 bridgehead atoms. The summed E-state index contributed by atoms with van der Waals surface area (Å²) in [6, 6.07) is -0.638. The SMILES string of the molecule is CCn1ncc2c(NC3CCOCC3)c(C(=O)NNC(=O)C(C)NC(C)=O)cnc21. The number of anilines is 1. The van der Waals surface area contributed by atoms with Gasteiger partial charge in [0.1, 0.15) is 6.04 Å². The molecule has 1 aliphatic heterocycles. The molecule has 3 amide bonds. The van der Waals surface area contributed by atoms with Crippen LogP contribution in [0.2, 0.25) is 0 Å². The topological polar surface area (TPSA) is 139 Å². The van der Waals surface area contributed by atoms with Crippen LogP contribution < -0.4 is 21.5 Å². The molecule has 4 N–H and O–H groups in total. The molecular weight excluding hydrogens is 390 g/mol. The molecule has 162 valence electrons. The number of nitrogens with one attached hydrogen (secondary N) is 4. The highest BCUT2D eigenvalue weighted by Crippen LogP contribution is 2.28. The molecule has 2 aromatic heterocycles. The number of ether oxygens (including phenoxy) is 1. The summed E-state index contributed by atoms with van der Waals surface area (Å²) >= 11 is 0. The molecule has 2 aromatic rings. The summed E-state index contributed by atoms with van der Waals surface area (Å²) in [6.45, 7) is 6.75. The van der Waals surface area contributed by atoms with E-state index in [1.54, 1.807) is 10.9 Å². The minimum absolute atomic E-state index is 0.148. The number of fused-ring (bicyclic) bond motifs is 1. The summed E-state index contributed by atoms with van der Waals surface area (Å²) < 4.78 is 7.17. The van der Waals surface area contributed by atoms with Gasteiger partial charge in [-0.1, -0.05) is 0 Å². The number of aromatic nitrogens is 3. The van der Waals surface area contributed by atoms with E-state index in [9.17, 15) is 14.4 Å². The average Bonchev–Trinajstić information content (AvgIpc) is 3.16. The van der Waals surface area contributed by atoms with Crippen LogP contribution in [0, 0.1) is 0 Å². The predicted molar refractivity (Wildman–Crippen MR) is 110 cm³/mol. The van der Waals surface area contributed by atoms with Crippen molar-refractivity contribution in [2.75, 3.05) is 18.5 Å². The number of carbonyl (C=O) groups is 3. The summed E-state index contributed by atoms with van der Waals surface area (Å²) in [5.74, 6) is -1.40. The Labute approximate surface area is 173 Å². The first-order valence-corrected chi connectivity index (χ1v) is 9.96. The zero-order valence-electron chi connectivity index (χ0n) is 17.3. The molecule has 0 spiro atoms. The van der Waals surface area contributed by atoms with E-state index in [0.717, 1.165) is 18.2 Å². The molecule has 1 unspecified atom stereocenters. The van der Waals surface area contributed by atoms with Gasteiger partial charge in [-0.05, 0) is 26.7 Å². The van der Waals surface area contributed by atoms with Crippen LogP contribution in [0.5, 0.6) is 0 Å². The minimum Gasteiger partial charge on any atom is -0.381 e. The van der Waals surface area contributed by atoms with Crippen molar-refractivity contribution in [3.63, 3.8) is 0 Å². The maximum absolute atomic E-state index is 12.8. The van der Waals surface area contributed by atoms with Crippen molar-refractivity contribution in [1.82, 2.24) is 30.9 Å². The van der Waals surface area contributed by atoms with Crippen molar-refractivity contribution >= 4 is 34.4 Å². The fourth-order valence-corrected chi connectivity index (χ4v) is 3.30. The third-order valence-corrected chi connectivity index (χ3v) is 4.89. The van der Waals surface area contributed by atoms with Gasteiger partial charge in [0.2, 0.25) is 5.91 Å². The maximum Gasteiger partial charge on any atom is 0.273 e. The van der Waals surface area contributed by atoms with E-state index in [2.05, 4.69) is 31.6 Å². The number of hydrogen-bond acceptors (Lipinski definition) is 7. The van der Waals surface area contributed by atoms with Crippen molar-refractivity contribution in [3.8, 4) is 0 Å². The lowest BCUT2D eigenvalue weighted by molar-refractivity contribution is -0.128. The van der Waals surface area contributed by atoms with Crippen molar-refractivity contribution < 1.29 is 19.1 Å². The van der Waals surface area contributed by atoms with E-state index in [0.29, 0.717) is 31.1 Å². The number of carbonyl (C=O) groups excluding carboxylic acids is 3. The molecule has 30 heavy (non-hydrogen) atoms. The van der Waals surface area contributed by atoms with Crippen molar-refractivity contribution in [1.29, 1.82) is 0 Å². The van der Waals surface area contributed by atoms with Gasteiger partial charge in [-0.25, -0.2) is 9.67 Å². The highest BCUT2D eigenvalue weighted by molar-refractivity contribution is 6.07. The second-order valence-electron chi connectivity index (χ2n) is 7.14. The maximum atomic E-state index is 12.8. The molecule has 0 aromatic carbocycles. The Morgan fingerprint density at radius 3 is 2.63 bits per heavy atom. The number of rotatable bonds is 6. The van der Waals surface area contributed by atoms with Crippen LogP contribution in [0.1, 0.15) is 44.0 Å². The quantitative estimate of drug-likeness (QED) is 0.497. The van der Waals surface area contributed by atoms with Gasteiger partial charge in [0.05, 0.1) is 22.8 Å². The van der Waals surface area contributed by atoms with E-state index in [-0.39, 0.29) is 17.5 Å². The summed E-state index contributed by atoms with van der Waals surface area (Å²) in [6.07, 6.45) is 4.79. The normalized spacial score (nSPS) is 15.4. The third kappa shape index (κ3) is 4.85. The molecule has 3 rings (SSSR count). The minimum atomic E-state index is -0.786. The number of nitrogens with zero attached hydrogens (tertiary/aromatic N) is 3. The lowest BCUT2D eigenvalue weighted by atomic mass is 10.1. The standard InChI is InChI=1S/C19H27N7O4/c1-4-26-17-14(10-21-26)16(23-13-5-7-30-8-6-13)15(9-20-17)19(29)25-24-18(28)11(2)22-12(3)27/h9-11,13H,4-8H2,1-3H3,(H,20,23)(H,22,27)(H,24,28)(H,25,29). The first kappa shape index (κ1) is 21.5. The van der Waals surface area contributed by atoms with E-state index in [1.165, 1.54) is 20.0 Å². The first-order valence-electron chi connectivity index (χ1n) is 9.96. The smallest absolute Gasteiger partial charge is 0.273 e. The zero-order valence-corrected chi connectivity index (χ0v) is 17.3. The van der Waals surface area contributed by atoms with Gasteiger partial charge in [0.25, 0.3) is 11.8 Å². The van der Waals surface area contributed by atoms with Gasteiger partial charge in [-0.2, -0.15) is 5.10 Å². The lowest BCUT2D eigenvalue weighted by Crippen LogP contribution is -2.50. The molecule has 0 aliphatic carbocycles. The van der Waals surface area contributed by atoms with Crippen LogP contribution in [0.15, 0.2) is 12.4 Å². The van der Waals surface area contributed by atoms with Crippen molar-refractivity contribution in [3.05, 3.63) is 18.0 Å². The molecule has 1 atom stereocenters. The molecule has 0 radical (unpaired) electrons. The van der Waals surface area contributed by atoms with Crippen LogP contribution in [0.25, 0.3) is 11.0 Å². The second kappa shape index (κ2) is 9.53. The molecule has 1 aliphatic rings. The Morgan fingerprint density at radius 1 is 1.23 bits per heavy atom. The van der Waals surface area contributed by atoms with Gasteiger partial charge in [-0.15, -0.1) is 0 Å². The summed E-state index contributed by atoms with van der Waals surface area (Å²) in [5.41, 5.74) is 6.31. The second-order valence-corrected chi connectivity index (χ2v) is 7.14. The molecule has 11 nitrogen and oxygen atoms in total. The number of hydrogen-bond donors (Lipinski definition) is 4. The molecule has 0 saturated carbocycles. The highest BCUT2D eigenvalue weighted by Gasteiger charge is 2.23. The fraction of sp³-hybridized carbons (Fsp3) is 0.526. The number of amides is 3. The summed E-state index contributed by atoms with van der Waals surface area (Å²) in [7, 11) is 0. The summed E-state index contributed by atoms with van der Waals surface area (Å²) in [4.78, 5) is 40.4. The van der Waals surface area contributed by atoms with Crippen LogP contribution in [0.3, 0.4) is 0 Å². The number of pyridine rings is 1. The molecule has 1 saturated heterocycles. The summed E-state index contributed by atoms with van der Waals surface area (Å²) in [5, 5.41) is 11.0. The van der Waals surface area contributed by atoms with Crippen LogP contribution in [-0.4, -0.2) is 57.8 Å². The van der Waals surface area contributed by atoms with Gasteiger partial charge in [0, 0.05) is 38.9 Å². The Hall–Kier alpha value is -3.21. The highest BCUT2D eigenvalue weighted by atomic mass is 16.5. The molecule has 1 fully saturated rings. The van der Waals surface area contributed by atoms with E-state index in [1.807, 2.05) is 6.92 Å². The van der Waals surface area contributed by atoms with Crippen LogP contribution in [-0.2, 0) is 20.9 Å². The first-order chi connectivity index (χ1) is 14.4. The van der Waals surface area contributed by atoms with Crippen molar-refractivity contribution in [2.45, 2.75) is 52.2 Å². The van der Waals surface area contributed by atoms with Crippen LogP contribution in [0.4, 0.5) is 5.69 Å². The largest absolute Gasteiger partial charge is 0.381 e. The number of hydrazine groups is 1.